The maximum atomic E-state index is 12.0. The molecular weight excluding hydrogens is 302 g/mol. The van der Waals surface area contributed by atoms with E-state index in [0.29, 0.717) is 12.8 Å². The van der Waals surface area contributed by atoms with E-state index >= 15 is 0 Å². The Morgan fingerprint density at radius 2 is 1.87 bits per heavy atom. The lowest BCUT2D eigenvalue weighted by Crippen LogP contribution is -2.44. The Morgan fingerprint density at radius 1 is 1.26 bits per heavy atom. The van der Waals surface area contributed by atoms with Crippen molar-refractivity contribution < 1.29 is 24.3 Å². The molecule has 0 spiro atoms. The van der Waals surface area contributed by atoms with Crippen LogP contribution in [0, 0.1) is 0 Å². The molecule has 8 nitrogen and oxygen atoms in total. The first kappa shape index (κ1) is 18.9. The number of aliphatic carboxylic acids is 1. The molecular formula is C15H25N3O5. The van der Waals surface area contributed by atoms with E-state index in [1.54, 1.807) is 27.7 Å². The van der Waals surface area contributed by atoms with Gasteiger partial charge in [-0.3, -0.25) is 19.3 Å². The summed E-state index contributed by atoms with van der Waals surface area (Å²) in [6.07, 6.45) is 0.824. The number of nitrogens with one attached hydrogen (secondary N) is 2. The van der Waals surface area contributed by atoms with Crippen LogP contribution in [0.25, 0.3) is 0 Å². The summed E-state index contributed by atoms with van der Waals surface area (Å²) in [6.45, 7) is 6.95. The van der Waals surface area contributed by atoms with Crippen molar-refractivity contribution in [3.8, 4) is 0 Å². The van der Waals surface area contributed by atoms with Crippen LogP contribution in [0.3, 0.4) is 0 Å². The average molecular weight is 327 g/mol. The third-order valence-electron chi connectivity index (χ3n) is 3.67. The van der Waals surface area contributed by atoms with E-state index < -0.39 is 23.1 Å². The van der Waals surface area contributed by atoms with E-state index in [4.69, 9.17) is 5.11 Å². The number of imide groups is 1. The van der Waals surface area contributed by atoms with Gasteiger partial charge in [0.05, 0.1) is 0 Å². The molecule has 1 heterocycles. The molecule has 0 aliphatic carbocycles. The van der Waals surface area contributed by atoms with Gasteiger partial charge >= 0.3 is 12.0 Å². The van der Waals surface area contributed by atoms with Crippen LogP contribution in [0.15, 0.2) is 0 Å². The minimum absolute atomic E-state index is 0.0230. The standard InChI is InChI=1S/C15H25N3O5/c1-14(2,8-7-11(20)21)16-10(19)6-5-9-18-12(22)15(3,4)17-13(18)23/h5-9H2,1-4H3,(H,16,19)(H,17,23)(H,20,21). The van der Waals surface area contributed by atoms with E-state index in [-0.39, 0.29) is 31.2 Å². The number of hydrogen-bond acceptors (Lipinski definition) is 4. The minimum atomic E-state index is -0.909. The molecule has 0 bridgehead atoms. The van der Waals surface area contributed by atoms with Crippen LogP contribution in [0.1, 0.15) is 53.4 Å². The maximum absolute atomic E-state index is 12.0. The molecule has 23 heavy (non-hydrogen) atoms. The van der Waals surface area contributed by atoms with Crippen molar-refractivity contribution in [2.24, 2.45) is 0 Å². The summed E-state index contributed by atoms with van der Waals surface area (Å²) < 4.78 is 0. The number of carboxylic acids is 1. The molecule has 1 saturated heterocycles. The van der Waals surface area contributed by atoms with Gasteiger partial charge < -0.3 is 15.7 Å². The Morgan fingerprint density at radius 3 is 2.35 bits per heavy atom. The van der Waals surface area contributed by atoms with Crippen molar-refractivity contribution in [3.05, 3.63) is 0 Å². The summed E-state index contributed by atoms with van der Waals surface area (Å²) in [4.78, 5) is 47.3. The zero-order chi connectivity index (χ0) is 17.8. The van der Waals surface area contributed by atoms with Crippen molar-refractivity contribution >= 4 is 23.8 Å². The molecule has 8 heteroatoms. The first-order chi connectivity index (χ1) is 10.4. The van der Waals surface area contributed by atoms with Crippen molar-refractivity contribution in [2.45, 2.75) is 64.5 Å². The number of urea groups is 1. The summed E-state index contributed by atoms with van der Waals surface area (Å²) >= 11 is 0. The van der Waals surface area contributed by atoms with E-state index in [1.165, 1.54) is 0 Å². The average Bonchev–Trinajstić information content (AvgIpc) is 2.58. The molecule has 4 amide bonds. The topological polar surface area (TPSA) is 116 Å². The second kappa shape index (κ2) is 6.97. The second-order valence-electron chi connectivity index (χ2n) is 6.94. The van der Waals surface area contributed by atoms with Gasteiger partial charge in [-0.15, -0.1) is 0 Å². The molecule has 3 N–H and O–H groups in total. The third kappa shape index (κ3) is 5.54. The lowest BCUT2D eigenvalue weighted by atomic mass is 9.98. The van der Waals surface area contributed by atoms with Crippen LogP contribution in [-0.2, 0) is 14.4 Å². The molecule has 0 atom stereocenters. The fraction of sp³-hybridized carbons (Fsp3) is 0.733. The Bertz CT molecular complexity index is 513. The Kier molecular flexibility index (Phi) is 5.74. The Hall–Kier alpha value is -2.12. The Labute approximate surface area is 135 Å². The molecule has 130 valence electrons. The minimum Gasteiger partial charge on any atom is -0.481 e. The molecule has 0 aromatic carbocycles. The smallest absolute Gasteiger partial charge is 0.325 e. The number of nitrogens with zero attached hydrogens (tertiary/aromatic N) is 1. The predicted octanol–water partition coefficient (Wildman–Crippen LogP) is 0.857. The van der Waals surface area contributed by atoms with E-state index in [2.05, 4.69) is 10.6 Å². The monoisotopic (exact) mass is 327 g/mol. The zero-order valence-electron chi connectivity index (χ0n) is 14.1. The SMILES string of the molecule is CC(C)(CCC(=O)O)NC(=O)CCCN1C(=O)NC(C)(C)C1=O. The van der Waals surface area contributed by atoms with Crippen LogP contribution >= 0.6 is 0 Å². The molecule has 1 rings (SSSR count). The van der Waals surface area contributed by atoms with Gasteiger partial charge in [0.25, 0.3) is 5.91 Å². The van der Waals surface area contributed by atoms with Crippen molar-refractivity contribution in [3.63, 3.8) is 0 Å². The largest absolute Gasteiger partial charge is 0.481 e. The number of carbonyl (C=O) groups is 4. The molecule has 1 fully saturated rings. The summed E-state index contributed by atoms with van der Waals surface area (Å²) in [7, 11) is 0. The molecule has 1 aliphatic rings. The predicted molar refractivity (Wildman–Crippen MR) is 82.6 cm³/mol. The molecule has 0 aromatic heterocycles. The highest BCUT2D eigenvalue weighted by atomic mass is 16.4. The van der Waals surface area contributed by atoms with Crippen LogP contribution in [0.4, 0.5) is 4.79 Å². The number of carboxylic acid groups (broad SMARTS) is 1. The zero-order valence-corrected chi connectivity index (χ0v) is 14.1. The van der Waals surface area contributed by atoms with Crippen LogP contribution in [0.2, 0.25) is 0 Å². The second-order valence-corrected chi connectivity index (χ2v) is 6.94. The number of amides is 4. The Balaban J connectivity index is 2.38. The van der Waals surface area contributed by atoms with E-state index in [1.807, 2.05) is 0 Å². The van der Waals surface area contributed by atoms with Crippen LogP contribution in [-0.4, -0.2) is 51.4 Å². The molecule has 0 unspecified atom stereocenters. The van der Waals surface area contributed by atoms with Crippen LogP contribution < -0.4 is 10.6 Å². The number of hydrogen-bond donors (Lipinski definition) is 3. The normalized spacial score (nSPS) is 17.1. The molecule has 0 saturated carbocycles. The lowest BCUT2D eigenvalue weighted by molar-refractivity contribution is -0.137. The molecule has 1 aliphatic heterocycles. The summed E-state index contributed by atoms with van der Waals surface area (Å²) in [5.41, 5.74) is -1.52. The lowest BCUT2D eigenvalue weighted by Gasteiger charge is -2.25. The van der Waals surface area contributed by atoms with E-state index in [0.717, 1.165) is 4.90 Å². The van der Waals surface area contributed by atoms with Crippen LogP contribution in [0.5, 0.6) is 0 Å². The summed E-state index contributed by atoms with van der Waals surface area (Å²) in [5, 5.41) is 14.0. The fourth-order valence-electron chi connectivity index (χ4n) is 2.34. The fourth-order valence-corrected chi connectivity index (χ4v) is 2.34. The molecule has 0 radical (unpaired) electrons. The van der Waals surface area contributed by atoms with Gasteiger partial charge in [-0.2, -0.15) is 0 Å². The van der Waals surface area contributed by atoms with E-state index in [9.17, 15) is 19.2 Å². The van der Waals surface area contributed by atoms with Gasteiger partial charge in [0.1, 0.15) is 5.54 Å². The third-order valence-corrected chi connectivity index (χ3v) is 3.67. The number of carbonyl (C=O) groups excluding carboxylic acids is 3. The highest BCUT2D eigenvalue weighted by molar-refractivity contribution is 6.06. The summed E-state index contributed by atoms with van der Waals surface area (Å²) in [6, 6.07) is -0.442. The van der Waals surface area contributed by atoms with Crippen molar-refractivity contribution in [1.29, 1.82) is 0 Å². The van der Waals surface area contributed by atoms with Gasteiger partial charge in [-0.05, 0) is 40.5 Å². The van der Waals surface area contributed by atoms with Gasteiger partial charge in [-0.1, -0.05) is 0 Å². The quantitative estimate of drug-likeness (QED) is 0.572. The first-order valence-corrected chi connectivity index (χ1v) is 7.61. The maximum Gasteiger partial charge on any atom is 0.325 e. The van der Waals surface area contributed by atoms with Crippen molar-refractivity contribution in [2.75, 3.05) is 6.54 Å². The highest BCUT2D eigenvalue weighted by Gasteiger charge is 2.43. The van der Waals surface area contributed by atoms with Gasteiger partial charge in [0, 0.05) is 24.9 Å². The van der Waals surface area contributed by atoms with Crippen molar-refractivity contribution in [1.82, 2.24) is 15.5 Å². The van der Waals surface area contributed by atoms with Gasteiger partial charge in [0.2, 0.25) is 5.91 Å². The van der Waals surface area contributed by atoms with Gasteiger partial charge in [-0.25, -0.2) is 4.79 Å². The number of rotatable bonds is 8. The molecule has 0 aromatic rings. The highest BCUT2D eigenvalue weighted by Crippen LogP contribution is 2.17. The summed E-state index contributed by atoms with van der Waals surface area (Å²) in [5.74, 6) is -1.44. The van der Waals surface area contributed by atoms with Gasteiger partial charge in [0.15, 0.2) is 0 Å². The first-order valence-electron chi connectivity index (χ1n) is 7.61.